The van der Waals surface area contributed by atoms with Gasteiger partial charge in [-0.15, -0.1) is 11.3 Å². The molecular weight excluding hydrogens is 469 g/mol. The Kier molecular flexibility index (Phi) is 5.56. The van der Waals surface area contributed by atoms with Gasteiger partial charge in [0.1, 0.15) is 5.00 Å². The van der Waals surface area contributed by atoms with E-state index < -0.39 is 16.7 Å². The van der Waals surface area contributed by atoms with Gasteiger partial charge in [-0.2, -0.15) is 0 Å². The van der Waals surface area contributed by atoms with Crippen molar-refractivity contribution in [3.63, 3.8) is 0 Å². The zero-order valence-corrected chi connectivity index (χ0v) is 16.7. The summed E-state index contributed by atoms with van der Waals surface area (Å²) in [5, 5.41) is 14.1. The van der Waals surface area contributed by atoms with E-state index in [2.05, 4.69) is 5.32 Å². The minimum atomic E-state index is -0.562. The maximum atomic E-state index is 12.7. The van der Waals surface area contributed by atoms with Crippen molar-refractivity contribution >= 4 is 56.4 Å². The Morgan fingerprint density at radius 2 is 1.96 bits per heavy atom. The third-order valence-corrected chi connectivity index (χ3v) is 6.45. The van der Waals surface area contributed by atoms with Crippen LogP contribution >= 0.6 is 33.9 Å². The van der Waals surface area contributed by atoms with Crippen LogP contribution in [0.2, 0.25) is 0 Å². The van der Waals surface area contributed by atoms with Gasteiger partial charge in [0.15, 0.2) is 0 Å². The molecule has 1 aromatic carbocycles. The number of nitro groups is 1. The number of nitrogens with one attached hydrogen (secondary N) is 1. The molecule has 3 N–H and O–H groups in total. The Morgan fingerprint density at radius 3 is 2.65 bits per heavy atom. The topological polar surface area (TPSA) is 115 Å². The van der Waals surface area contributed by atoms with Gasteiger partial charge < -0.3 is 11.1 Å². The molecule has 9 heteroatoms. The van der Waals surface area contributed by atoms with Crippen molar-refractivity contribution in [3.05, 3.63) is 53.5 Å². The standard InChI is InChI=1S/C17H16IN3O4S/c18-12-7-6-9(21(24)25)8-11(12)16(23)20-17-14(15(19)22)10-4-2-1-3-5-13(10)26-17/h6-8H,1-5H2,(H2,19,22)(H,20,23). The molecule has 0 bridgehead atoms. The number of carbonyl (C=O) groups is 2. The van der Waals surface area contributed by atoms with Crippen LogP contribution in [0, 0.1) is 13.7 Å². The number of non-ortho nitro benzene ring substituents is 1. The highest BCUT2D eigenvalue weighted by molar-refractivity contribution is 14.1. The molecule has 1 aliphatic carbocycles. The summed E-state index contributed by atoms with van der Waals surface area (Å²) in [4.78, 5) is 36.2. The highest BCUT2D eigenvalue weighted by Crippen LogP contribution is 2.37. The van der Waals surface area contributed by atoms with E-state index in [1.54, 1.807) is 0 Å². The Labute approximate surface area is 167 Å². The average Bonchev–Trinajstić information content (AvgIpc) is 2.76. The molecule has 0 radical (unpaired) electrons. The van der Waals surface area contributed by atoms with Crippen LogP contribution in [0.25, 0.3) is 0 Å². The number of nitro benzene ring substituents is 1. The van der Waals surface area contributed by atoms with Crippen LogP contribution in [-0.4, -0.2) is 16.7 Å². The van der Waals surface area contributed by atoms with Crippen molar-refractivity contribution in [2.75, 3.05) is 5.32 Å². The first kappa shape index (κ1) is 18.8. The summed E-state index contributed by atoms with van der Waals surface area (Å²) >= 11 is 3.32. The van der Waals surface area contributed by atoms with E-state index >= 15 is 0 Å². The van der Waals surface area contributed by atoms with Gasteiger partial charge in [-0.25, -0.2) is 0 Å². The number of anilines is 1. The lowest BCUT2D eigenvalue weighted by Gasteiger charge is -2.08. The third-order valence-electron chi connectivity index (χ3n) is 4.30. The van der Waals surface area contributed by atoms with E-state index in [0.717, 1.165) is 42.5 Å². The average molecular weight is 485 g/mol. The second-order valence-electron chi connectivity index (χ2n) is 6.01. The highest BCUT2D eigenvalue weighted by Gasteiger charge is 2.25. The van der Waals surface area contributed by atoms with E-state index in [9.17, 15) is 19.7 Å². The van der Waals surface area contributed by atoms with Crippen molar-refractivity contribution in [2.24, 2.45) is 5.73 Å². The minimum Gasteiger partial charge on any atom is -0.365 e. The number of hydrogen-bond donors (Lipinski definition) is 2. The molecular formula is C17H16IN3O4S. The Bertz CT molecular complexity index is 910. The predicted octanol–water partition coefficient (Wildman–Crippen LogP) is 3.88. The van der Waals surface area contributed by atoms with Gasteiger partial charge in [0.25, 0.3) is 17.5 Å². The smallest absolute Gasteiger partial charge is 0.270 e. The van der Waals surface area contributed by atoms with Crippen LogP contribution in [0.15, 0.2) is 18.2 Å². The monoisotopic (exact) mass is 485 g/mol. The van der Waals surface area contributed by atoms with Crippen LogP contribution in [0.4, 0.5) is 10.7 Å². The summed E-state index contributed by atoms with van der Waals surface area (Å²) in [5.74, 6) is -1.05. The zero-order valence-electron chi connectivity index (χ0n) is 13.7. The lowest BCUT2D eigenvalue weighted by atomic mass is 10.1. The number of nitrogens with zero attached hydrogens (tertiary/aromatic N) is 1. The zero-order chi connectivity index (χ0) is 18.8. The number of primary amides is 1. The number of benzene rings is 1. The number of carbonyl (C=O) groups excluding carboxylic acids is 2. The molecule has 1 heterocycles. The van der Waals surface area contributed by atoms with Crippen LogP contribution in [0.5, 0.6) is 0 Å². The van der Waals surface area contributed by atoms with Gasteiger partial charge in [-0.3, -0.25) is 19.7 Å². The number of amides is 2. The summed E-state index contributed by atoms with van der Waals surface area (Å²) in [6.45, 7) is 0. The summed E-state index contributed by atoms with van der Waals surface area (Å²) < 4.78 is 0.587. The normalized spacial score (nSPS) is 13.6. The SMILES string of the molecule is NC(=O)c1c(NC(=O)c2cc([N+](=O)[O-])ccc2I)sc2c1CCCCC2. The Morgan fingerprint density at radius 1 is 1.23 bits per heavy atom. The second kappa shape index (κ2) is 7.70. The fraction of sp³-hybridized carbons (Fsp3) is 0.294. The molecule has 0 saturated carbocycles. The van der Waals surface area contributed by atoms with Crippen molar-refractivity contribution in [1.29, 1.82) is 0 Å². The largest absolute Gasteiger partial charge is 0.365 e. The molecule has 1 aliphatic rings. The van der Waals surface area contributed by atoms with E-state index in [1.807, 2.05) is 22.6 Å². The van der Waals surface area contributed by atoms with Gasteiger partial charge in [0.2, 0.25) is 0 Å². The van der Waals surface area contributed by atoms with E-state index in [0.29, 0.717) is 14.1 Å². The van der Waals surface area contributed by atoms with Gasteiger partial charge >= 0.3 is 0 Å². The molecule has 1 aromatic heterocycles. The molecule has 0 unspecified atom stereocenters. The predicted molar refractivity (Wildman–Crippen MR) is 108 cm³/mol. The fourth-order valence-electron chi connectivity index (χ4n) is 3.06. The molecule has 7 nitrogen and oxygen atoms in total. The molecule has 0 saturated heterocycles. The molecule has 0 atom stereocenters. The lowest BCUT2D eigenvalue weighted by Crippen LogP contribution is -2.18. The second-order valence-corrected chi connectivity index (χ2v) is 8.28. The van der Waals surface area contributed by atoms with Crippen LogP contribution in [0.3, 0.4) is 0 Å². The van der Waals surface area contributed by atoms with Gasteiger partial charge in [0.05, 0.1) is 16.1 Å². The van der Waals surface area contributed by atoms with Crippen LogP contribution in [0.1, 0.15) is 50.4 Å². The van der Waals surface area contributed by atoms with Gasteiger partial charge in [-0.05, 0) is 59.9 Å². The number of rotatable bonds is 4. The molecule has 26 heavy (non-hydrogen) atoms. The molecule has 0 spiro atoms. The maximum absolute atomic E-state index is 12.7. The molecule has 2 amide bonds. The number of aryl methyl sites for hydroxylation is 1. The van der Waals surface area contributed by atoms with Crippen molar-refractivity contribution in [3.8, 4) is 0 Å². The summed E-state index contributed by atoms with van der Waals surface area (Å²) in [7, 11) is 0. The molecule has 0 fully saturated rings. The molecule has 3 rings (SSSR count). The summed E-state index contributed by atoms with van der Waals surface area (Å²) in [5.41, 5.74) is 6.91. The molecule has 2 aromatic rings. The number of halogens is 1. The van der Waals surface area contributed by atoms with E-state index in [1.165, 1.54) is 29.5 Å². The molecule has 136 valence electrons. The van der Waals surface area contributed by atoms with E-state index in [-0.39, 0.29) is 11.3 Å². The van der Waals surface area contributed by atoms with Gasteiger partial charge in [-0.1, -0.05) is 6.42 Å². The number of hydrogen-bond acceptors (Lipinski definition) is 5. The van der Waals surface area contributed by atoms with Crippen molar-refractivity contribution in [2.45, 2.75) is 32.1 Å². The maximum Gasteiger partial charge on any atom is 0.270 e. The summed E-state index contributed by atoms with van der Waals surface area (Å²) in [6, 6.07) is 4.10. The van der Waals surface area contributed by atoms with Crippen LogP contribution < -0.4 is 11.1 Å². The van der Waals surface area contributed by atoms with Crippen LogP contribution in [-0.2, 0) is 12.8 Å². The first-order valence-electron chi connectivity index (χ1n) is 8.08. The minimum absolute atomic E-state index is 0.160. The summed E-state index contributed by atoms with van der Waals surface area (Å²) in [6.07, 6.45) is 4.77. The van der Waals surface area contributed by atoms with Crippen molar-refractivity contribution in [1.82, 2.24) is 0 Å². The number of thiophene rings is 1. The fourth-order valence-corrected chi connectivity index (χ4v) is 4.93. The quantitative estimate of drug-likeness (QED) is 0.296. The van der Waals surface area contributed by atoms with Gasteiger partial charge in [0, 0.05) is 20.6 Å². The number of nitrogens with two attached hydrogens (primary N) is 1. The Hall–Kier alpha value is -2.01. The molecule has 0 aliphatic heterocycles. The number of fused-ring (bicyclic) bond motifs is 1. The highest BCUT2D eigenvalue weighted by atomic mass is 127. The van der Waals surface area contributed by atoms with Crippen molar-refractivity contribution < 1.29 is 14.5 Å². The lowest BCUT2D eigenvalue weighted by molar-refractivity contribution is -0.384. The first-order valence-corrected chi connectivity index (χ1v) is 9.97. The Balaban J connectivity index is 1.96. The first-order chi connectivity index (χ1) is 12.4. The van der Waals surface area contributed by atoms with E-state index in [4.69, 9.17) is 5.73 Å². The third kappa shape index (κ3) is 3.73.